The molecule has 15 heavy (non-hydrogen) atoms. The Morgan fingerprint density at radius 2 is 2.00 bits per heavy atom. The van der Waals surface area contributed by atoms with Crippen LogP contribution in [0.2, 0.25) is 0 Å². The standard InChI is InChI=1S/C14H26O/c1-4-11-6-5-7-12(10-11)14(3,15)13(2)8-9-13/h11-12,15H,4-10H2,1-3H3. The fourth-order valence-corrected chi connectivity index (χ4v) is 3.36. The second-order valence-electron chi connectivity index (χ2n) is 6.35. The lowest BCUT2D eigenvalue weighted by atomic mass is 9.67. The van der Waals surface area contributed by atoms with Gasteiger partial charge in [0.15, 0.2) is 0 Å². The van der Waals surface area contributed by atoms with Crippen LogP contribution in [0.3, 0.4) is 0 Å². The topological polar surface area (TPSA) is 20.2 Å². The van der Waals surface area contributed by atoms with Gasteiger partial charge < -0.3 is 5.11 Å². The molecule has 1 nitrogen and oxygen atoms in total. The van der Waals surface area contributed by atoms with Gasteiger partial charge in [-0.1, -0.05) is 33.1 Å². The molecular formula is C14H26O. The minimum absolute atomic E-state index is 0.243. The zero-order chi connectivity index (χ0) is 11.1. The highest BCUT2D eigenvalue weighted by molar-refractivity contribution is 5.06. The summed E-state index contributed by atoms with van der Waals surface area (Å²) in [6.45, 7) is 6.66. The van der Waals surface area contributed by atoms with Crippen molar-refractivity contribution >= 4 is 0 Å². The van der Waals surface area contributed by atoms with Gasteiger partial charge in [-0.2, -0.15) is 0 Å². The van der Waals surface area contributed by atoms with Crippen LogP contribution < -0.4 is 0 Å². The summed E-state index contributed by atoms with van der Waals surface area (Å²) in [7, 11) is 0. The van der Waals surface area contributed by atoms with Crippen LogP contribution in [0.5, 0.6) is 0 Å². The summed E-state index contributed by atoms with van der Waals surface area (Å²) in [5, 5.41) is 10.8. The van der Waals surface area contributed by atoms with Crippen molar-refractivity contribution in [1.29, 1.82) is 0 Å². The molecule has 3 unspecified atom stereocenters. The van der Waals surface area contributed by atoms with Crippen LogP contribution in [-0.4, -0.2) is 10.7 Å². The van der Waals surface area contributed by atoms with Crippen LogP contribution in [0.4, 0.5) is 0 Å². The summed E-state index contributed by atoms with van der Waals surface area (Å²) < 4.78 is 0. The summed E-state index contributed by atoms with van der Waals surface area (Å²) in [5.74, 6) is 1.43. The third-order valence-electron chi connectivity index (χ3n) is 5.38. The minimum Gasteiger partial charge on any atom is -0.389 e. The quantitative estimate of drug-likeness (QED) is 0.752. The monoisotopic (exact) mass is 210 g/mol. The zero-order valence-corrected chi connectivity index (χ0v) is 10.6. The van der Waals surface area contributed by atoms with Gasteiger partial charge in [0.05, 0.1) is 5.60 Å². The van der Waals surface area contributed by atoms with Gasteiger partial charge >= 0.3 is 0 Å². The number of aliphatic hydroxyl groups is 1. The molecule has 2 aliphatic carbocycles. The molecule has 0 aromatic heterocycles. The molecule has 0 amide bonds. The third kappa shape index (κ3) is 1.95. The van der Waals surface area contributed by atoms with Gasteiger partial charge in [-0.15, -0.1) is 0 Å². The van der Waals surface area contributed by atoms with E-state index in [1.807, 2.05) is 0 Å². The molecule has 2 rings (SSSR count). The predicted molar refractivity (Wildman–Crippen MR) is 63.7 cm³/mol. The highest BCUT2D eigenvalue weighted by Crippen LogP contribution is 2.58. The number of rotatable bonds is 3. The van der Waals surface area contributed by atoms with E-state index in [-0.39, 0.29) is 5.41 Å². The Morgan fingerprint density at radius 1 is 1.33 bits per heavy atom. The van der Waals surface area contributed by atoms with Crippen LogP contribution in [-0.2, 0) is 0 Å². The second-order valence-corrected chi connectivity index (χ2v) is 6.35. The third-order valence-corrected chi connectivity index (χ3v) is 5.38. The molecule has 1 N–H and O–H groups in total. The lowest BCUT2D eigenvalue weighted by molar-refractivity contribution is -0.0788. The fraction of sp³-hybridized carbons (Fsp3) is 1.00. The van der Waals surface area contributed by atoms with Crippen molar-refractivity contribution in [3.8, 4) is 0 Å². The Morgan fingerprint density at radius 3 is 2.53 bits per heavy atom. The maximum Gasteiger partial charge on any atom is 0.0701 e. The van der Waals surface area contributed by atoms with Gasteiger partial charge in [-0.25, -0.2) is 0 Å². The van der Waals surface area contributed by atoms with Crippen molar-refractivity contribution in [1.82, 2.24) is 0 Å². The molecule has 2 aliphatic rings. The summed E-state index contributed by atoms with van der Waals surface area (Å²) in [6.07, 6.45) is 8.98. The van der Waals surface area contributed by atoms with Crippen molar-refractivity contribution in [2.75, 3.05) is 0 Å². The molecule has 0 aromatic rings. The van der Waals surface area contributed by atoms with E-state index in [1.54, 1.807) is 0 Å². The molecule has 0 bridgehead atoms. The van der Waals surface area contributed by atoms with Crippen LogP contribution in [0.15, 0.2) is 0 Å². The van der Waals surface area contributed by atoms with Crippen LogP contribution in [0.25, 0.3) is 0 Å². The molecule has 0 saturated heterocycles. The normalized spacial score (nSPS) is 38.4. The van der Waals surface area contributed by atoms with Crippen molar-refractivity contribution in [3.63, 3.8) is 0 Å². The molecule has 2 saturated carbocycles. The van der Waals surface area contributed by atoms with E-state index >= 15 is 0 Å². The summed E-state index contributed by atoms with van der Waals surface area (Å²) >= 11 is 0. The zero-order valence-electron chi connectivity index (χ0n) is 10.6. The average molecular weight is 210 g/mol. The van der Waals surface area contributed by atoms with Crippen molar-refractivity contribution in [2.24, 2.45) is 17.3 Å². The second kappa shape index (κ2) is 3.76. The number of hydrogen-bond donors (Lipinski definition) is 1. The van der Waals surface area contributed by atoms with E-state index in [2.05, 4.69) is 20.8 Å². The molecular weight excluding hydrogens is 184 g/mol. The summed E-state index contributed by atoms with van der Waals surface area (Å²) in [6, 6.07) is 0. The van der Waals surface area contributed by atoms with E-state index in [0.717, 1.165) is 5.92 Å². The molecule has 0 aromatic carbocycles. The Balaban J connectivity index is 2.03. The Kier molecular flexibility index (Phi) is 2.87. The predicted octanol–water partition coefficient (Wildman–Crippen LogP) is 3.75. The maximum absolute atomic E-state index is 10.8. The van der Waals surface area contributed by atoms with Gasteiger partial charge in [0.2, 0.25) is 0 Å². The van der Waals surface area contributed by atoms with E-state index in [9.17, 15) is 5.11 Å². The van der Waals surface area contributed by atoms with Crippen molar-refractivity contribution < 1.29 is 5.11 Å². The molecule has 88 valence electrons. The lowest BCUT2D eigenvalue weighted by Crippen LogP contribution is -2.44. The van der Waals surface area contributed by atoms with Crippen LogP contribution >= 0.6 is 0 Å². The first-order valence-electron chi connectivity index (χ1n) is 6.72. The summed E-state index contributed by atoms with van der Waals surface area (Å²) in [4.78, 5) is 0. The van der Waals surface area contributed by atoms with Gasteiger partial charge in [0.25, 0.3) is 0 Å². The Labute approximate surface area is 94.3 Å². The van der Waals surface area contributed by atoms with Gasteiger partial charge in [0.1, 0.15) is 0 Å². The lowest BCUT2D eigenvalue weighted by Gasteiger charge is -2.42. The highest BCUT2D eigenvalue weighted by atomic mass is 16.3. The van der Waals surface area contributed by atoms with E-state index < -0.39 is 5.60 Å². The van der Waals surface area contributed by atoms with Crippen molar-refractivity contribution in [2.45, 2.75) is 71.3 Å². The van der Waals surface area contributed by atoms with Gasteiger partial charge in [-0.3, -0.25) is 0 Å². The molecule has 3 atom stereocenters. The smallest absolute Gasteiger partial charge is 0.0701 e. The largest absolute Gasteiger partial charge is 0.389 e. The number of hydrogen-bond acceptors (Lipinski definition) is 1. The van der Waals surface area contributed by atoms with Gasteiger partial charge in [0, 0.05) is 0 Å². The Hall–Kier alpha value is -0.0400. The molecule has 1 heteroatoms. The molecule has 2 fully saturated rings. The van der Waals surface area contributed by atoms with Crippen molar-refractivity contribution in [3.05, 3.63) is 0 Å². The van der Waals surface area contributed by atoms with E-state index in [4.69, 9.17) is 0 Å². The summed E-state index contributed by atoms with van der Waals surface area (Å²) in [5.41, 5.74) is -0.159. The van der Waals surface area contributed by atoms with E-state index in [0.29, 0.717) is 5.92 Å². The maximum atomic E-state index is 10.8. The van der Waals surface area contributed by atoms with Crippen LogP contribution in [0, 0.1) is 17.3 Å². The van der Waals surface area contributed by atoms with E-state index in [1.165, 1.54) is 44.9 Å². The molecule has 0 spiro atoms. The van der Waals surface area contributed by atoms with Crippen LogP contribution in [0.1, 0.15) is 65.7 Å². The SMILES string of the molecule is CCC1CCCC(C(C)(O)C2(C)CC2)C1. The van der Waals surface area contributed by atoms with Gasteiger partial charge in [-0.05, 0) is 49.9 Å². The Bertz CT molecular complexity index is 227. The fourth-order valence-electron chi connectivity index (χ4n) is 3.36. The minimum atomic E-state index is -0.402. The first-order valence-corrected chi connectivity index (χ1v) is 6.72. The first kappa shape index (κ1) is 11.4. The molecule has 0 heterocycles. The molecule has 0 radical (unpaired) electrons. The highest BCUT2D eigenvalue weighted by Gasteiger charge is 2.55. The molecule has 0 aliphatic heterocycles. The average Bonchev–Trinajstić information content (AvgIpc) is 2.98. The first-order chi connectivity index (χ1) is 6.99.